The van der Waals surface area contributed by atoms with E-state index in [1.165, 1.54) is 27.4 Å². The maximum atomic E-state index is 9.09. The summed E-state index contributed by atoms with van der Waals surface area (Å²) in [4.78, 5) is 0. The molecule has 4 rings (SSSR count). The van der Waals surface area contributed by atoms with Crippen molar-refractivity contribution in [2.24, 2.45) is 0 Å². The van der Waals surface area contributed by atoms with E-state index in [0.29, 0.717) is 0 Å². The van der Waals surface area contributed by atoms with Crippen LogP contribution in [0.1, 0.15) is 18.1 Å². The Morgan fingerprint density at radius 3 is 2.74 bits per heavy atom. The molecule has 0 amide bonds. The molecule has 0 atom stereocenters. The molecule has 0 radical (unpaired) electrons. The Labute approximate surface area is 166 Å². The number of aliphatic hydroxyl groups is 1. The Balaban J connectivity index is 1.50. The summed E-state index contributed by atoms with van der Waals surface area (Å²) in [6, 6.07) is 13.2. The molecule has 0 saturated carbocycles. The zero-order chi connectivity index (χ0) is 18.8. The average Bonchev–Trinajstić information content (AvgIpc) is 3.26. The summed E-state index contributed by atoms with van der Waals surface area (Å²) in [7, 11) is 0. The number of fused-ring (bicyclic) bond motifs is 3. The van der Waals surface area contributed by atoms with Gasteiger partial charge in [-0.3, -0.25) is 4.68 Å². The summed E-state index contributed by atoms with van der Waals surface area (Å²) in [5.74, 6) is 0. The Morgan fingerprint density at radius 1 is 1.07 bits per heavy atom. The van der Waals surface area contributed by atoms with E-state index in [4.69, 9.17) is 5.11 Å². The van der Waals surface area contributed by atoms with Gasteiger partial charge in [-0.05, 0) is 36.8 Å². The largest absolute Gasteiger partial charge is 0.392 e. The fourth-order valence-electron chi connectivity index (χ4n) is 3.61. The summed E-state index contributed by atoms with van der Waals surface area (Å²) >= 11 is 3.59. The molecule has 0 aliphatic heterocycles. The fraction of sp³-hybridized carbons (Fsp3) is 0.286. The van der Waals surface area contributed by atoms with Crippen LogP contribution in [0.15, 0.2) is 53.3 Å². The van der Waals surface area contributed by atoms with Gasteiger partial charge in [0.25, 0.3) is 0 Å². The van der Waals surface area contributed by atoms with E-state index in [9.17, 15) is 0 Å². The molecule has 0 fully saturated rings. The second-order valence-electron chi connectivity index (χ2n) is 6.70. The number of benzene rings is 2. The molecule has 0 unspecified atom stereocenters. The molecule has 0 aliphatic carbocycles. The Hall–Kier alpha value is -2.15. The van der Waals surface area contributed by atoms with Crippen molar-refractivity contribution in [1.29, 1.82) is 0 Å². The number of aryl methyl sites for hydroxylation is 1. The van der Waals surface area contributed by atoms with Gasteiger partial charge >= 0.3 is 0 Å². The molecule has 2 aromatic carbocycles. The number of hydrogen-bond acceptors (Lipinski definition) is 3. The molecule has 0 spiro atoms. The minimum Gasteiger partial charge on any atom is -0.392 e. The third-order valence-corrected chi connectivity index (χ3v) is 5.42. The smallest absolute Gasteiger partial charge is 0.0712 e. The van der Waals surface area contributed by atoms with Crippen molar-refractivity contribution in [3.8, 4) is 0 Å². The zero-order valence-electron chi connectivity index (χ0n) is 15.3. The highest BCUT2D eigenvalue weighted by atomic mass is 79.9. The van der Waals surface area contributed by atoms with Crippen molar-refractivity contribution in [3.05, 3.63) is 64.4 Å². The Bertz CT molecular complexity index is 1080. The molecule has 0 bridgehead atoms. The second kappa shape index (κ2) is 7.84. The summed E-state index contributed by atoms with van der Waals surface area (Å²) in [6.45, 7) is 5.61. The van der Waals surface area contributed by atoms with E-state index in [-0.39, 0.29) is 6.61 Å². The Morgan fingerprint density at radius 2 is 1.96 bits per heavy atom. The molecule has 5 nitrogen and oxygen atoms in total. The number of rotatable bonds is 7. The van der Waals surface area contributed by atoms with Crippen molar-refractivity contribution in [2.75, 3.05) is 6.54 Å². The van der Waals surface area contributed by atoms with Crippen molar-refractivity contribution in [1.82, 2.24) is 19.7 Å². The number of aliphatic hydroxyl groups excluding tert-OH is 1. The van der Waals surface area contributed by atoms with E-state index in [1.54, 1.807) is 6.20 Å². The van der Waals surface area contributed by atoms with Crippen LogP contribution in [0.4, 0.5) is 0 Å². The van der Waals surface area contributed by atoms with Gasteiger partial charge in [0.1, 0.15) is 0 Å². The van der Waals surface area contributed by atoms with Crippen molar-refractivity contribution < 1.29 is 5.11 Å². The maximum absolute atomic E-state index is 9.09. The van der Waals surface area contributed by atoms with Crippen LogP contribution < -0.4 is 5.32 Å². The number of halogens is 1. The van der Waals surface area contributed by atoms with Gasteiger partial charge in [0.15, 0.2) is 0 Å². The van der Waals surface area contributed by atoms with E-state index >= 15 is 0 Å². The first-order valence-corrected chi connectivity index (χ1v) is 10.0. The van der Waals surface area contributed by atoms with E-state index in [0.717, 1.165) is 36.2 Å². The quantitative estimate of drug-likeness (QED) is 0.438. The van der Waals surface area contributed by atoms with Gasteiger partial charge in [-0.1, -0.05) is 28.1 Å². The topological polar surface area (TPSA) is 55.0 Å². The van der Waals surface area contributed by atoms with Crippen LogP contribution in [-0.2, 0) is 26.2 Å². The molecule has 27 heavy (non-hydrogen) atoms. The van der Waals surface area contributed by atoms with E-state index < -0.39 is 0 Å². The molecule has 2 heterocycles. The first-order valence-electron chi connectivity index (χ1n) is 9.23. The summed E-state index contributed by atoms with van der Waals surface area (Å²) in [5, 5.41) is 19.4. The van der Waals surface area contributed by atoms with Gasteiger partial charge in [0.05, 0.1) is 24.9 Å². The molecular formula is C21H23BrN4O. The monoisotopic (exact) mass is 426 g/mol. The lowest BCUT2D eigenvalue weighted by atomic mass is 10.1. The van der Waals surface area contributed by atoms with Gasteiger partial charge in [-0.15, -0.1) is 0 Å². The number of nitrogens with zero attached hydrogens (tertiary/aromatic N) is 3. The lowest BCUT2D eigenvalue weighted by Gasteiger charge is -2.07. The van der Waals surface area contributed by atoms with Gasteiger partial charge in [0.2, 0.25) is 0 Å². The summed E-state index contributed by atoms with van der Waals surface area (Å²) in [5.41, 5.74) is 4.67. The standard InChI is InChI=1S/C21H23BrN4O/c1-2-26-20-6-3-15(9-19(20)18-5-4-17(22)10-21(18)26)11-23-7-8-25-13-16(14-27)12-24-25/h3-6,9-10,12-13,23,27H,2,7-8,11,14H2,1H3. The minimum atomic E-state index is 0.0371. The highest BCUT2D eigenvalue weighted by Gasteiger charge is 2.10. The van der Waals surface area contributed by atoms with Crippen LogP contribution in [0, 0.1) is 0 Å². The van der Waals surface area contributed by atoms with Crippen LogP contribution in [-0.4, -0.2) is 26.0 Å². The predicted octanol–water partition coefficient (Wildman–Crippen LogP) is 4.06. The van der Waals surface area contributed by atoms with Crippen LogP contribution in [0.25, 0.3) is 21.8 Å². The second-order valence-corrected chi connectivity index (χ2v) is 7.62. The number of nitrogens with one attached hydrogen (secondary N) is 1. The van der Waals surface area contributed by atoms with Gasteiger partial charge in [0, 0.05) is 52.2 Å². The molecule has 4 aromatic rings. The average molecular weight is 427 g/mol. The first kappa shape index (κ1) is 18.2. The van der Waals surface area contributed by atoms with Gasteiger partial charge in [-0.25, -0.2) is 0 Å². The fourth-order valence-corrected chi connectivity index (χ4v) is 3.96. The zero-order valence-corrected chi connectivity index (χ0v) is 16.9. The highest BCUT2D eigenvalue weighted by Crippen LogP contribution is 2.31. The molecule has 2 aromatic heterocycles. The summed E-state index contributed by atoms with van der Waals surface area (Å²) < 4.78 is 5.33. The summed E-state index contributed by atoms with van der Waals surface area (Å²) in [6.07, 6.45) is 3.58. The number of hydrogen-bond donors (Lipinski definition) is 2. The lowest BCUT2D eigenvalue weighted by molar-refractivity contribution is 0.281. The van der Waals surface area contributed by atoms with E-state index in [1.807, 2.05) is 10.9 Å². The van der Waals surface area contributed by atoms with Crippen LogP contribution in [0.5, 0.6) is 0 Å². The molecule has 0 aliphatic rings. The third kappa shape index (κ3) is 3.65. The third-order valence-electron chi connectivity index (χ3n) is 4.92. The van der Waals surface area contributed by atoms with Gasteiger partial charge in [-0.2, -0.15) is 5.10 Å². The SMILES string of the molecule is CCn1c2ccc(CNCCn3cc(CO)cn3)cc2c2ccc(Br)cc21. The van der Waals surface area contributed by atoms with E-state index in [2.05, 4.69) is 74.2 Å². The van der Waals surface area contributed by atoms with Gasteiger partial charge < -0.3 is 15.0 Å². The van der Waals surface area contributed by atoms with Crippen molar-refractivity contribution in [2.45, 2.75) is 33.2 Å². The highest BCUT2D eigenvalue weighted by molar-refractivity contribution is 9.10. The lowest BCUT2D eigenvalue weighted by Crippen LogP contribution is -2.19. The first-order chi connectivity index (χ1) is 13.2. The van der Waals surface area contributed by atoms with Crippen molar-refractivity contribution in [3.63, 3.8) is 0 Å². The molecule has 6 heteroatoms. The van der Waals surface area contributed by atoms with Crippen LogP contribution in [0.2, 0.25) is 0 Å². The maximum Gasteiger partial charge on any atom is 0.0712 e. The minimum absolute atomic E-state index is 0.0371. The molecule has 2 N–H and O–H groups in total. The predicted molar refractivity (Wildman–Crippen MR) is 113 cm³/mol. The molecule has 0 saturated heterocycles. The Kier molecular flexibility index (Phi) is 5.29. The normalized spacial score (nSPS) is 11.7. The van der Waals surface area contributed by atoms with Crippen molar-refractivity contribution >= 4 is 37.7 Å². The molecular weight excluding hydrogens is 404 g/mol. The molecule has 140 valence electrons. The van der Waals surface area contributed by atoms with Crippen LogP contribution >= 0.6 is 15.9 Å². The van der Waals surface area contributed by atoms with Crippen LogP contribution in [0.3, 0.4) is 0 Å². The number of aromatic nitrogens is 3.